The first-order valence-corrected chi connectivity index (χ1v) is 6.02. The van der Waals surface area contributed by atoms with Gasteiger partial charge in [-0.1, -0.05) is 0 Å². The summed E-state index contributed by atoms with van der Waals surface area (Å²) in [5.41, 5.74) is -0.0539. The van der Waals surface area contributed by atoms with Crippen molar-refractivity contribution in [1.29, 1.82) is 0 Å². The molecule has 0 amide bonds. The molecule has 1 heterocycles. The number of ether oxygens (including phenoxy) is 3. The van der Waals surface area contributed by atoms with E-state index in [1.54, 1.807) is 19.1 Å². The third-order valence-electron chi connectivity index (χ3n) is 2.52. The molecular weight excluding hydrogens is 264 g/mol. The smallest absolute Gasteiger partial charge is 0.374 e. The number of carbonyl (C=O) groups is 1. The van der Waals surface area contributed by atoms with Crippen molar-refractivity contribution in [3.05, 3.63) is 40.2 Å². The van der Waals surface area contributed by atoms with Crippen LogP contribution < -0.4 is 10.2 Å². The lowest BCUT2D eigenvalue weighted by Crippen LogP contribution is -2.10. The fraction of sp³-hybridized carbons (Fsp3) is 0.286. The van der Waals surface area contributed by atoms with E-state index in [0.29, 0.717) is 11.1 Å². The largest absolute Gasteiger partial charge is 0.467 e. The molecule has 1 aromatic heterocycles. The van der Waals surface area contributed by atoms with Crippen molar-refractivity contribution >= 4 is 16.9 Å². The molecule has 0 fully saturated rings. The number of methoxy groups -OCH3 is 1. The molecule has 0 aliphatic carbocycles. The normalized spacial score (nSPS) is 10.5. The predicted octanol–water partition coefficient (Wildman–Crippen LogP) is 1.95. The van der Waals surface area contributed by atoms with Gasteiger partial charge in [-0.3, -0.25) is 4.79 Å². The van der Waals surface area contributed by atoms with Gasteiger partial charge in [-0.2, -0.15) is 0 Å². The summed E-state index contributed by atoms with van der Waals surface area (Å²) in [6.07, 6.45) is 0. The SMILES string of the molecule is CCOC(=O)c1cc(=O)c2ccc(OCOC)cc2o1. The zero-order chi connectivity index (χ0) is 14.5. The summed E-state index contributed by atoms with van der Waals surface area (Å²) in [6, 6.07) is 5.85. The van der Waals surface area contributed by atoms with Gasteiger partial charge in [0.05, 0.1) is 12.0 Å². The lowest BCUT2D eigenvalue weighted by Gasteiger charge is -2.06. The average molecular weight is 278 g/mol. The summed E-state index contributed by atoms with van der Waals surface area (Å²) in [5.74, 6) is -0.327. The number of carbonyl (C=O) groups excluding carboxylic acids is 1. The zero-order valence-corrected chi connectivity index (χ0v) is 11.2. The Kier molecular flexibility index (Phi) is 4.37. The number of rotatable bonds is 5. The number of hydrogen-bond acceptors (Lipinski definition) is 6. The van der Waals surface area contributed by atoms with E-state index in [0.717, 1.165) is 6.07 Å². The van der Waals surface area contributed by atoms with Gasteiger partial charge in [0, 0.05) is 19.2 Å². The van der Waals surface area contributed by atoms with E-state index in [1.165, 1.54) is 13.2 Å². The average Bonchev–Trinajstić information content (AvgIpc) is 2.45. The van der Waals surface area contributed by atoms with E-state index in [9.17, 15) is 9.59 Å². The highest BCUT2D eigenvalue weighted by molar-refractivity contribution is 5.89. The molecule has 0 spiro atoms. The summed E-state index contributed by atoms with van der Waals surface area (Å²) in [5, 5.41) is 0.364. The topological polar surface area (TPSA) is 75.0 Å². The van der Waals surface area contributed by atoms with Gasteiger partial charge in [-0.15, -0.1) is 0 Å². The first kappa shape index (κ1) is 14.1. The van der Waals surface area contributed by atoms with Crippen molar-refractivity contribution in [2.45, 2.75) is 6.92 Å². The van der Waals surface area contributed by atoms with Crippen molar-refractivity contribution in [1.82, 2.24) is 0 Å². The Hall–Kier alpha value is -2.34. The second-order valence-electron chi connectivity index (χ2n) is 3.90. The minimum absolute atomic E-state index is 0.0767. The summed E-state index contributed by atoms with van der Waals surface area (Å²) in [7, 11) is 1.50. The third kappa shape index (κ3) is 2.97. The van der Waals surface area contributed by atoms with Gasteiger partial charge in [0.25, 0.3) is 0 Å². The summed E-state index contributed by atoms with van der Waals surface area (Å²) in [6.45, 7) is 1.96. The maximum atomic E-state index is 11.9. The maximum absolute atomic E-state index is 11.9. The minimum atomic E-state index is -0.672. The third-order valence-corrected chi connectivity index (χ3v) is 2.52. The van der Waals surface area contributed by atoms with Crippen molar-refractivity contribution < 1.29 is 23.4 Å². The second kappa shape index (κ2) is 6.21. The molecule has 0 atom stereocenters. The molecule has 106 valence electrons. The molecule has 20 heavy (non-hydrogen) atoms. The molecule has 6 nitrogen and oxygen atoms in total. The molecule has 2 rings (SSSR count). The Labute approximate surface area is 114 Å². The summed E-state index contributed by atoms with van der Waals surface area (Å²) in [4.78, 5) is 23.5. The standard InChI is InChI=1S/C14H14O6/c1-3-18-14(16)13-7-11(15)10-5-4-9(19-8-17-2)6-12(10)20-13/h4-7H,3,8H2,1-2H3. The Morgan fingerprint density at radius 3 is 2.80 bits per heavy atom. The highest BCUT2D eigenvalue weighted by Crippen LogP contribution is 2.20. The van der Waals surface area contributed by atoms with E-state index < -0.39 is 5.97 Å². The fourth-order valence-electron chi connectivity index (χ4n) is 1.65. The van der Waals surface area contributed by atoms with Gasteiger partial charge in [0.2, 0.25) is 5.76 Å². The molecule has 0 N–H and O–H groups in total. The first-order valence-electron chi connectivity index (χ1n) is 6.02. The van der Waals surface area contributed by atoms with Gasteiger partial charge >= 0.3 is 5.97 Å². The van der Waals surface area contributed by atoms with Gasteiger partial charge in [-0.05, 0) is 19.1 Å². The number of esters is 1. The Bertz CT molecular complexity index is 673. The molecule has 0 saturated carbocycles. The van der Waals surface area contributed by atoms with Crippen LogP contribution in [0, 0.1) is 0 Å². The molecule has 0 unspecified atom stereocenters. The molecule has 0 radical (unpaired) electrons. The predicted molar refractivity (Wildman–Crippen MR) is 70.9 cm³/mol. The van der Waals surface area contributed by atoms with E-state index >= 15 is 0 Å². The molecule has 6 heteroatoms. The summed E-state index contributed by atoms with van der Waals surface area (Å²) < 4.78 is 20.2. The van der Waals surface area contributed by atoms with Crippen LogP contribution >= 0.6 is 0 Å². The quantitative estimate of drug-likeness (QED) is 0.614. The lowest BCUT2D eigenvalue weighted by molar-refractivity contribution is 0.0487. The van der Waals surface area contributed by atoms with Crippen LogP contribution in [0.2, 0.25) is 0 Å². The Morgan fingerprint density at radius 1 is 1.30 bits per heavy atom. The van der Waals surface area contributed by atoms with Gasteiger partial charge in [0.1, 0.15) is 11.3 Å². The van der Waals surface area contributed by atoms with Crippen LogP contribution in [-0.4, -0.2) is 26.5 Å². The molecule has 0 aliphatic rings. The first-order chi connectivity index (χ1) is 9.65. The van der Waals surface area contributed by atoms with E-state index in [2.05, 4.69) is 0 Å². The van der Waals surface area contributed by atoms with Gasteiger partial charge in [-0.25, -0.2) is 4.79 Å². The van der Waals surface area contributed by atoms with Crippen LogP contribution in [0.1, 0.15) is 17.5 Å². The van der Waals surface area contributed by atoms with Crippen LogP contribution in [0.3, 0.4) is 0 Å². The number of fused-ring (bicyclic) bond motifs is 1. The fourth-order valence-corrected chi connectivity index (χ4v) is 1.65. The lowest BCUT2D eigenvalue weighted by atomic mass is 10.2. The molecular formula is C14H14O6. The van der Waals surface area contributed by atoms with Crippen LogP contribution in [0.5, 0.6) is 5.75 Å². The highest BCUT2D eigenvalue weighted by Gasteiger charge is 2.13. The van der Waals surface area contributed by atoms with Crippen LogP contribution in [0.4, 0.5) is 0 Å². The van der Waals surface area contributed by atoms with Crippen LogP contribution in [0.15, 0.2) is 33.5 Å². The van der Waals surface area contributed by atoms with Crippen molar-refractivity contribution in [2.75, 3.05) is 20.5 Å². The molecule has 0 bridgehead atoms. The maximum Gasteiger partial charge on any atom is 0.374 e. The molecule has 0 saturated heterocycles. The Balaban J connectivity index is 2.44. The molecule has 2 aromatic rings. The van der Waals surface area contributed by atoms with Crippen molar-refractivity contribution in [3.8, 4) is 5.75 Å². The molecule has 0 aliphatic heterocycles. The highest BCUT2D eigenvalue weighted by atomic mass is 16.7. The Morgan fingerprint density at radius 2 is 2.10 bits per heavy atom. The number of hydrogen-bond donors (Lipinski definition) is 0. The van der Waals surface area contributed by atoms with Gasteiger partial charge < -0.3 is 18.6 Å². The summed E-state index contributed by atoms with van der Waals surface area (Å²) >= 11 is 0. The number of benzene rings is 1. The van der Waals surface area contributed by atoms with Crippen LogP contribution in [0.25, 0.3) is 11.0 Å². The monoisotopic (exact) mass is 278 g/mol. The van der Waals surface area contributed by atoms with Crippen molar-refractivity contribution in [2.24, 2.45) is 0 Å². The molecule has 1 aromatic carbocycles. The van der Waals surface area contributed by atoms with Gasteiger partial charge in [0.15, 0.2) is 12.2 Å². The van der Waals surface area contributed by atoms with Crippen LogP contribution in [-0.2, 0) is 9.47 Å². The zero-order valence-electron chi connectivity index (χ0n) is 11.2. The van der Waals surface area contributed by atoms with E-state index in [1.807, 2.05) is 0 Å². The van der Waals surface area contributed by atoms with Crippen molar-refractivity contribution in [3.63, 3.8) is 0 Å². The second-order valence-corrected chi connectivity index (χ2v) is 3.90. The van der Waals surface area contributed by atoms with E-state index in [4.69, 9.17) is 18.6 Å². The minimum Gasteiger partial charge on any atom is -0.467 e. The van der Waals surface area contributed by atoms with E-state index in [-0.39, 0.29) is 30.2 Å².